The van der Waals surface area contributed by atoms with Gasteiger partial charge in [0.25, 0.3) is 5.56 Å². The number of aromatic amines is 1. The Labute approximate surface area is 187 Å². The molecule has 0 amide bonds. The van der Waals surface area contributed by atoms with Crippen LogP contribution in [-0.4, -0.2) is 14.5 Å². The van der Waals surface area contributed by atoms with Crippen molar-refractivity contribution in [2.24, 2.45) is 0 Å². The van der Waals surface area contributed by atoms with E-state index in [-0.39, 0.29) is 5.56 Å². The van der Waals surface area contributed by atoms with Crippen molar-refractivity contribution < 1.29 is 0 Å². The number of fused-ring (bicyclic) bond motifs is 2. The van der Waals surface area contributed by atoms with Crippen LogP contribution in [0.3, 0.4) is 0 Å². The molecule has 146 valence electrons. The molecule has 0 saturated carbocycles. The van der Waals surface area contributed by atoms with E-state index in [2.05, 4.69) is 46.6 Å². The van der Waals surface area contributed by atoms with E-state index in [9.17, 15) is 4.79 Å². The standard InChI is InChI=1S/C25H18IN3O/c1-16-19(20-9-5-6-10-22(20)27-16)12-14-24-28-23-13-11-17(26)15-21(23)25(30)29(24)18-7-3-2-4-8-18/h2-15,27H,1H3. The SMILES string of the molecule is Cc1[nH]c2ccccc2c1C=Cc1nc2ccc(I)cc2c(=O)n1-c1ccccc1. The van der Waals surface area contributed by atoms with E-state index < -0.39 is 0 Å². The Morgan fingerprint density at radius 3 is 2.53 bits per heavy atom. The zero-order valence-corrected chi connectivity index (χ0v) is 18.4. The Hall–Kier alpha value is -3.19. The summed E-state index contributed by atoms with van der Waals surface area (Å²) >= 11 is 2.22. The fourth-order valence-electron chi connectivity index (χ4n) is 3.78. The van der Waals surface area contributed by atoms with Crippen LogP contribution in [0.4, 0.5) is 0 Å². The number of hydrogen-bond acceptors (Lipinski definition) is 2. The molecule has 0 aliphatic rings. The highest BCUT2D eigenvalue weighted by Gasteiger charge is 2.12. The lowest BCUT2D eigenvalue weighted by molar-refractivity contribution is 0.944. The van der Waals surface area contributed by atoms with Crippen molar-refractivity contribution >= 4 is 56.5 Å². The maximum absolute atomic E-state index is 13.4. The van der Waals surface area contributed by atoms with Gasteiger partial charge in [-0.3, -0.25) is 9.36 Å². The molecule has 0 fully saturated rings. The lowest BCUT2D eigenvalue weighted by atomic mass is 10.1. The van der Waals surface area contributed by atoms with Gasteiger partial charge in [-0.2, -0.15) is 0 Å². The highest BCUT2D eigenvalue weighted by Crippen LogP contribution is 2.24. The summed E-state index contributed by atoms with van der Waals surface area (Å²) in [6.45, 7) is 2.06. The monoisotopic (exact) mass is 503 g/mol. The van der Waals surface area contributed by atoms with E-state index in [1.54, 1.807) is 4.57 Å². The van der Waals surface area contributed by atoms with E-state index >= 15 is 0 Å². The van der Waals surface area contributed by atoms with Crippen molar-refractivity contribution in [2.75, 3.05) is 0 Å². The van der Waals surface area contributed by atoms with Crippen molar-refractivity contribution in [1.29, 1.82) is 0 Å². The minimum absolute atomic E-state index is 0.0694. The molecule has 0 unspecified atom stereocenters. The minimum Gasteiger partial charge on any atom is -0.358 e. The summed E-state index contributed by atoms with van der Waals surface area (Å²) in [5.41, 5.74) is 4.70. The van der Waals surface area contributed by atoms with Crippen LogP contribution in [0.1, 0.15) is 17.1 Å². The molecular weight excluding hydrogens is 485 g/mol. The number of rotatable bonds is 3. The van der Waals surface area contributed by atoms with Crippen molar-refractivity contribution in [3.63, 3.8) is 0 Å². The molecule has 1 N–H and O–H groups in total. The fourth-order valence-corrected chi connectivity index (χ4v) is 4.28. The van der Waals surface area contributed by atoms with E-state index in [1.807, 2.05) is 72.8 Å². The summed E-state index contributed by atoms with van der Waals surface area (Å²) in [7, 11) is 0. The molecular formula is C25H18IN3O. The third kappa shape index (κ3) is 3.25. The van der Waals surface area contributed by atoms with E-state index in [0.29, 0.717) is 16.7 Å². The number of aromatic nitrogens is 3. The molecule has 3 aromatic carbocycles. The zero-order chi connectivity index (χ0) is 20.7. The van der Waals surface area contributed by atoms with E-state index in [1.165, 1.54) is 0 Å². The van der Waals surface area contributed by atoms with Crippen LogP contribution in [0.5, 0.6) is 0 Å². The van der Waals surface area contributed by atoms with Crippen molar-refractivity contribution in [1.82, 2.24) is 14.5 Å². The first-order valence-corrected chi connectivity index (χ1v) is 10.7. The second-order valence-corrected chi connectivity index (χ2v) is 8.40. The smallest absolute Gasteiger partial charge is 0.266 e. The van der Waals surface area contributed by atoms with Gasteiger partial charge in [0.05, 0.1) is 16.6 Å². The molecule has 5 heteroatoms. The molecule has 4 nitrogen and oxygen atoms in total. The summed E-state index contributed by atoms with van der Waals surface area (Å²) < 4.78 is 2.69. The molecule has 5 rings (SSSR count). The summed E-state index contributed by atoms with van der Waals surface area (Å²) in [5, 5.41) is 1.77. The van der Waals surface area contributed by atoms with Gasteiger partial charge in [0.2, 0.25) is 0 Å². The lowest BCUT2D eigenvalue weighted by Crippen LogP contribution is -2.22. The molecule has 30 heavy (non-hydrogen) atoms. The van der Waals surface area contributed by atoms with Crippen LogP contribution >= 0.6 is 22.6 Å². The van der Waals surface area contributed by atoms with Gasteiger partial charge in [-0.1, -0.05) is 36.4 Å². The summed E-state index contributed by atoms with van der Waals surface area (Å²) in [4.78, 5) is 21.7. The fraction of sp³-hybridized carbons (Fsp3) is 0.0400. The number of nitrogens with zero attached hydrogens (tertiary/aromatic N) is 2. The molecule has 0 aliphatic heterocycles. The highest BCUT2D eigenvalue weighted by atomic mass is 127. The van der Waals surface area contributed by atoms with Gasteiger partial charge in [0.15, 0.2) is 0 Å². The third-order valence-electron chi connectivity index (χ3n) is 5.21. The quantitative estimate of drug-likeness (QED) is 0.310. The highest BCUT2D eigenvalue weighted by molar-refractivity contribution is 14.1. The van der Waals surface area contributed by atoms with Gasteiger partial charge in [0.1, 0.15) is 5.82 Å². The predicted molar refractivity (Wildman–Crippen MR) is 132 cm³/mol. The number of para-hydroxylation sites is 2. The molecule has 5 aromatic rings. The lowest BCUT2D eigenvalue weighted by Gasteiger charge is -2.11. The van der Waals surface area contributed by atoms with Crippen LogP contribution in [0.15, 0.2) is 77.6 Å². The summed E-state index contributed by atoms with van der Waals surface area (Å²) in [6, 6.07) is 23.6. The second-order valence-electron chi connectivity index (χ2n) is 7.15. The van der Waals surface area contributed by atoms with Crippen LogP contribution in [0.25, 0.3) is 39.6 Å². The maximum Gasteiger partial charge on any atom is 0.266 e. The molecule has 2 aromatic heterocycles. The number of benzene rings is 3. The Morgan fingerprint density at radius 2 is 1.70 bits per heavy atom. The Balaban J connectivity index is 1.75. The first-order valence-electron chi connectivity index (χ1n) is 9.65. The zero-order valence-electron chi connectivity index (χ0n) is 16.3. The Morgan fingerprint density at radius 1 is 0.933 bits per heavy atom. The number of halogens is 1. The molecule has 0 bridgehead atoms. The van der Waals surface area contributed by atoms with Gasteiger partial charge in [0, 0.05) is 25.7 Å². The molecule has 2 heterocycles. The molecule has 0 radical (unpaired) electrons. The van der Waals surface area contributed by atoms with Crippen molar-refractivity contribution in [2.45, 2.75) is 6.92 Å². The number of H-pyrrole nitrogens is 1. The molecule has 0 atom stereocenters. The Bertz CT molecular complexity index is 1480. The second kappa shape index (κ2) is 7.57. The first-order chi connectivity index (χ1) is 14.6. The number of nitrogens with one attached hydrogen (secondary N) is 1. The van der Waals surface area contributed by atoms with Gasteiger partial charge in [-0.05, 0) is 78.1 Å². The van der Waals surface area contributed by atoms with Crippen LogP contribution in [-0.2, 0) is 0 Å². The molecule has 0 saturated heterocycles. The average molecular weight is 503 g/mol. The normalized spacial score (nSPS) is 11.7. The summed E-state index contributed by atoms with van der Waals surface area (Å²) in [6.07, 6.45) is 3.96. The van der Waals surface area contributed by atoms with Gasteiger partial charge in [-0.25, -0.2) is 4.98 Å². The van der Waals surface area contributed by atoms with E-state index in [4.69, 9.17) is 4.98 Å². The first kappa shape index (κ1) is 18.8. The van der Waals surface area contributed by atoms with Gasteiger partial charge < -0.3 is 4.98 Å². The third-order valence-corrected chi connectivity index (χ3v) is 5.88. The van der Waals surface area contributed by atoms with Crippen LogP contribution in [0, 0.1) is 10.5 Å². The summed E-state index contributed by atoms with van der Waals surface area (Å²) in [5.74, 6) is 0.601. The van der Waals surface area contributed by atoms with E-state index in [0.717, 1.165) is 31.4 Å². The Kier molecular flexibility index (Phi) is 4.75. The molecule has 0 spiro atoms. The van der Waals surface area contributed by atoms with Gasteiger partial charge in [-0.15, -0.1) is 0 Å². The maximum atomic E-state index is 13.4. The van der Waals surface area contributed by atoms with Crippen molar-refractivity contribution in [3.05, 3.63) is 104 Å². The van der Waals surface area contributed by atoms with Gasteiger partial charge >= 0.3 is 0 Å². The predicted octanol–water partition coefficient (Wildman–Crippen LogP) is 5.95. The number of hydrogen-bond donors (Lipinski definition) is 1. The average Bonchev–Trinajstić information content (AvgIpc) is 3.08. The van der Waals surface area contributed by atoms with Crippen molar-refractivity contribution in [3.8, 4) is 5.69 Å². The van der Waals surface area contributed by atoms with Crippen LogP contribution in [0.2, 0.25) is 0 Å². The largest absolute Gasteiger partial charge is 0.358 e. The van der Waals surface area contributed by atoms with Crippen LogP contribution < -0.4 is 5.56 Å². The minimum atomic E-state index is -0.0694. The number of aryl methyl sites for hydroxylation is 1. The molecule has 0 aliphatic carbocycles. The topological polar surface area (TPSA) is 50.7 Å².